The summed E-state index contributed by atoms with van der Waals surface area (Å²) >= 11 is 2.93. The van der Waals surface area contributed by atoms with E-state index in [1.54, 1.807) is 12.2 Å². The predicted molar refractivity (Wildman–Crippen MR) is 115 cm³/mol. The number of piperidine rings is 1. The van der Waals surface area contributed by atoms with Gasteiger partial charge in [-0.15, -0.1) is 0 Å². The number of rotatable bonds is 5. The van der Waals surface area contributed by atoms with Gasteiger partial charge in [-0.05, 0) is 43.2 Å². The molecule has 0 radical (unpaired) electrons. The van der Waals surface area contributed by atoms with E-state index >= 15 is 0 Å². The van der Waals surface area contributed by atoms with E-state index in [-0.39, 0.29) is 22.0 Å². The van der Waals surface area contributed by atoms with E-state index in [1.165, 1.54) is 18.2 Å². The number of hydroxylamine groups is 2. The van der Waals surface area contributed by atoms with Gasteiger partial charge in [0, 0.05) is 29.3 Å². The quantitative estimate of drug-likeness (QED) is 0.434. The first-order chi connectivity index (χ1) is 15.6. The highest BCUT2D eigenvalue weighted by atomic mass is 79.9. The van der Waals surface area contributed by atoms with Crippen LogP contribution < -0.4 is 15.4 Å². The van der Waals surface area contributed by atoms with E-state index in [4.69, 9.17) is 9.57 Å². The molecule has 0 saturated carbocycles. The van der Waals surface area contributed by atoms with Crippen LogP contribution in [0.1, 0.15) is 18.4 Å². The first kappa shape index (κ1) is 24.9. The fourth-order valence-corrected chi connectivity index (χ4v) is 3.57. The molecule has 178 valence electrons. The van der Waals surface area contributed by atoms with Gasteiger partial charge < -0.3 is 20.2 Å². The van der Waals surface area contributed by atoms with Gasteiger partial charge in [-0.2, -0.15) is 18.2 Å². The van der Waals surface area contributed by atoms with Crippen molar-refractivity contribution in [3.05, 3.63) is 52.3 Å². The maximum Gasteiger partial charge on any atom is 0.418 e. The second-order valence-corrected chi connectivity index (χ2v) is 8.09. The summed E-state index contributed by atoms with van der Waals surface area (Å²) in [5, 5.41) is 5.85. The highest BCUT2D eigenvalue weighted by Gasteiger charge is 2.34. The van der Waals surface area contributed by atoms with Crippen LogP contribution in [-0.2, 0) is 20.6 Å². The molecule has 0 atom stereocenters. The number of carbonyl (C=O) groups excluding carboxylic acids is 2. The molecule has 2 N–H and O–H groups in total. The largest absolute Gasteiger partial charge is 0.487 e. The van der Waals surface area contributed by atoms with Crippen LogP contribution >= 0.6 is 15.9 Å². The lowest BCUT2D eigenvalue weighted by molar-refractivity contribution is -0.152. The maximum absolute atomic E-state index is 14.4. The average Bonchev–Trinajstić information content (AvgIpc) is 2.76. The smallest absolute Gasteiger partial charge is 0.418 e. The molecule has 1 fully saturated rings. The fraction of sp³-hybridized carbons (Fsp3) is 0.333. The van der Waals surface area contributed by atoms with Crippen molar-refractivity contribution in [3.63, 3.8) is 0 Å². The molecule has 1 heterocycles. The number of anilines is 2. The van der Waals surface area contributed by atoms with Gasteiger partial charge in [0.2, 0.25) is 0 Å². The molecule has 0 unspecified atom stereocenters. The summed E-state index contributed by atoms with van der Waals surface area (Å²) in [6, 6.07) is 6.68. The van der Waals surface area contributed by atoms with Gasteiger partial charge in [-0.3, -0.25) is 9.59 Å². The zero-order valence-corrected chi connectivity index (χ0v) is 18.9. The molecule has 1 saturated heterocycles. The summed E-state index contributed by atoms with van der Waals surface area (Å²) in [6.45, 7) is 1.28. The Hall–Kier alpha value is -2.70. The first-order valence-corrected chi connectivity index (χ1v) is 10.6. The first-order valence-electron chi connectivity index (χ1n) is 9.81. The fourth-order valence-electron chi connectivity index (χ4n) is 3.21. The second kappa shape index (κ2) is 10.5. The minimum atomic E-state index is -4.75. The third kappa shape index (κ3) is 6.65. The Labute approximate surface area is 195 Å². The van der Waals surface area contributed by atoms with Gasteiger partial charge in [0.25, 0.3) is 0 Å². The summed E-state index contributed by atoms with van der Waals surface area (Å²) in [7, 11) is 1.57. The molecule has 2 aromatic carbocycles. The van der Waals surface area contributed by atoms with Crippen LogP contribution in [0.5, 0.6) is 5.75 Å². The molecule has 0 bridgehead atoms. The lowest BCUT2D eigenvalue weighted by atomic mass is 10.1. The monoisotopic (exact) mass is 533 g/mol. The third-order valence-electron chi connectivity index (χ3n) is 4.88. The summed E-state index contributed by atoms with van der Waals surface area (Å²) in [5.41, 5.74) is -1.76. The molecule has 0 aromatic heterocycles. The summed E-state index contributed by atoms with van der Waals surface area (Å²) < 4.78 is 59.8. The highest BCUT2D eigenvalue weighted by Crippen LogP contribution is 2.36. The van der Waals surface area contributed by atoms with E-state index in [9.17, 15) is 27.2 Å². The number of ether oxygens (including phenoxy) is 1. The van der Waals surface area contributed by atoms with Gasteiger partial charge in [-0.1, -0.05) is 15.9 Å². The topological polar surface area (TPSA) is 79.9 Å². The van der Waals surface area contributed by atoms with Crippen molar-refractivity contribution in [2.45, 2.75) is 25.1 Å². The normalized spacial score (nSPS) is 15.2. The second-order valence-electron chi connectivity index (χ2n) is 7.17. The van der Waals surface area contributed by atoms with Crippen LogP contribution in [0.4, 0.5) is 28.9 Å². The molecular weight excluding hydrogens is 514 g/mol. The van der Waals surface area contributed by atoms with E-state index in [2.05, 4.69) is 21.2 Å². The number of hydrogen-bond donors (Lipinski definition) is 2. The van der Waals surface area contributed by atoms with Crippen LogP contribution in [0.3, 0.4) is 0 Å². The van der Waals surface area contributed by atoms with E-state index in [0.29, 0.717) is 25.9 Å². The number of amides is 2. The van der Waals surface area contributed by atoms with Crippen LogP contribution in [-0.4, -0.2) is 43.2 Å². The molecule has 1 aliphatic heterocycles. The Balaban J connectivity index is 1.61. The van der Waals surface area contributed by atoms with Gasteiger partial charge in [0.15, 0.2) is 11.6 Å². The molecule has 0 aliphatic carbocycles. The number of halogens is 5. The number of nitrogens with one attached hydrogen (secondary N) is 2. The van der Waals surface area contributed by atoms with Crippen molar-refractivity contribution >= 4 is 39.1 Å². The van der Waals surface area contributed by atoms with E-state index in [1.807, 2.05) is 5.32 Å². The van der Waals surface area contributed by atoms with E-state index < -0.39 is 35.1 Å². The molecule has 12 heteroatoms. The molecule has 33 heavy (non-hydrogen) atoms. The van der Waals surface area contributed by atoms with Crippen molar-refractivity contribution in [3.8, 4) is 5.75 Å². The van der Waals surface area contributed by atoms with Gasteiger partial charge in [0.1, 0.15) is 6.10 Å². The lowest BCUT2D eigenvalue weighted by Gasteiger charge is -2.30. The van der Waals surface area contributed by atoms with Crippen molar-refractivity contribution < 1.29 is 36.7 Å². The predicted octanol–water partition coefficient (Wildman–Crippen LogP) is 4.59. The Bertz CT molecular complexity index is 1030. The molecular formula is C21H20BrF4N3O4. The minimum Gasteiger partial charge on any atom is -0.487 e. The average molecular weight is 534 g/mol. The van der Waals surface area contributed by atoms with Crippen molar-refractivity contribution in [2.75, 3.05) is 30.8 Å². The van der Waals surface area contributed by atoms with Crippen molar-refractivity contribution in [1.82, 2.24) is 5.06 Å². The van der Waals surface area contributed by atoms with Gasteiger partial charge in [-0.25, -0.2) is 4.39 Å². The number of carbonyl (C=O) groups is 2. The standard InChI is InChI=1S/C21H20BrF4N3O4/c1-32-29-8-6-14(7-9-29)33-18-5-3-13(11-16(18)23)27-19(30)20(31)28-17-4-2-12(22)10-15(17)21(24,25)26/h2-5,10-11,14H,6-9H2,1H3,(H,27,30)(H,28,31). The van der Waals surface area contributed by atoms with E-state index in [0.717, 1.165) is 18.2 Å². The van der Waals surface area contributed by atoms with Crippen molar-refractivity contribution in [1.29, 1.82) is 0 Å². The molecule has 7 nitrogen and oxygen atoms in total. The van der Waals surface area contributed by atoms with Crippen LogP contribution in [0.15, 0.2) is 40.9 Å². The highest BCUT2D eigenvalue weighted by molar-refractivity contribution is 9.10. The Morgan fingerprint density at radius 3 is 2.33 bits per heavy atom. The Morgan fingerprint density at radius 1 is 1.06 bits per heavy atom. The Morgan fingerprint density at radius 2 is 1.73 bits per heavy atom. The van der Waals surface area contributed by atoms with Crippen LogP contribution in [0, 0.1) is 5.82 Å². The zero-order chi connectivity index (χ0) is 24.2. The number of hydrogen-bond acceptors (Lipinski definition) is 5. The van der Waals surface area contributed by atoms with Crippen LogP contribution in [0.25, 0.3) is 0 Å². The summed E-state index contributed by atoms with van der Waals surface area (Å²) in [5.74, 6) is -3.37. The molecule has 2 aromatic rings. The lowest BCUT2D eigenvalue weighted by Crippen LogP contribution is -2.37. The third-order valence-corrected chi connectivity index (χ3v) is 5.38. The van der Waals surface area contributed by atoms with Gasteiger partial charge in [0.05, 0.1) is 18.4 Å². The number of alkyl halides is 3. The SMILES string of the molecule is CON1CCC(Oc2ccc(NC(=O)C(=O)Nc3ccc(Br)cc3C(F)(F)F)cc2F)CC1. The summed E-state index contributed by atoms with van der Waals surface area (Å²) in [6.07, 6.45) is -3.67. The number of nitrogens with zero attached hydrogens (tertiary/aromatic N) is 1. The van der Waals surface area contributed by atoms with Crippen molar-refractivity contribution in [2.24, 2.45) is 0 Å². The molecule has 2 amide bonds. The number of benzene rings is 2. The minimum absolute atomic E-state index is 0.0157. The molecule has 0 spiro atoms. The maximum atomic E-state index is 14.4. The summed E-state index contributed by atoms with van der Waals surface area (Å²) in [4.78, 5) is 29.4. The Kier molecular flexibility index (Phi) is 7.92. The molecule has 3 rings (SSSR count). The van der Waals surface area contributed by atoms with Gasteiger partial charge >= 0.3 is 18.0 Å². The molecule has 1 aliphatic rings. The van der Waals surface area contributed by atoms with Crippen LogP contribution in [0.2, 0.25) is 0 Å². The zero-order valence-electron chi connectivity index (χ0n) is 17.3.